The van der Waals surface area contributed by atoms with E-state index in [9.17, 15) is 0 Å². The predicted molar refractivity (Wildman–Crippen MR) is 76.0 cm³/mol. The number of hydrogen-bond acceptors (Lipinski definition) is 0. The standard InChI is InChI=1S/C15H14Cl2/c1-10(2)12-5-3-4-6-13(12)14-8-7-11(16)9-15(14)17/h3-10H,1-2H3. The van der Waals surface area contributed by atoms with E-state index in [2.05, 4.69) is 32.0 Å². The molecule has 0 radical (unpaired) electrons. The molecule has 0 N–H and O–H groups in total. The topological polar surface area (TPSA) is 0 Å². The van der Waals surface area contributed by atoms with Gasteiger partial charge >= 0.3 is 0 Å². The van der Waals surface area contributed by atoms with E-state index in [1.165, 1.54) is 11.1 Å². The summed E-state index contributed by atoms with van der Waals surface area (Å²) in [6.45, 7) is 4.37. The molecular weight excluding hydrogens is 251 g/mol. The second kappa shape index (κ2) is 5.12. The number of halogens is 2. The SMILES string of the molecule is CC(C)c1ccccc1-c1ccc(Cl)cc1Cl. The fourth-order valence-electron chi connectivity index (χ4n) is 1.95. The highest BCUT2D eigenvalue weighted by Gasteiger charge is 2.10. The average Bonchev–Trinajstić information content (AvgIpc) is 2.29. The molecule has 0 saturated heterocycles. The van der Waals surface area contributed by atoms with Crippen molar-refractivity contribution in [2.75, 3.05) is 0 Å². The lowest BCUT2D eigenvalue weighted by Gasteiger charge is -2.14. The van der Waals surface area contributed by atoms with Crippen LogP contribution in [0.2, 0.25) is 10.0 Å². The van der Waals surface area contributed by atoms with Crippen LogP contribution in [0.5, 0.6) is 0 Å². The Hall–Kier alpha value is -0.980. The first-order valence-corrected chi connectivity index (χ1v) is 6.39. The molecule has 0 fully saturated rings. The van der Waals surface area contributed by atoms with Crippen molar-refractivity contribution in [2.24, 2.45) is 0 Å². The van der Waals surface area contributed by atoms with Gasteiger partial charge < -0.3 is 0 Å². The van der Waals surface area contributed by atoms with Crippen molar-refractivity contribution in [1.82, 2.24) is 0 Å². The molecule has 0 atom stereocenters. The zero-order valence-corrected chi connectivity index (χ0v) is 11.4. The van der Waals surface area contributed by atoms with E-state index in [0.29, 0.717) is 16.0 Å². The lowest BCUT2D eigenvalue weighted by molar-refractivity contribution is 0.869. The normalized spacial score (nSPS) is 10.9. The summed E-state index contributed by atoms with van der Waals surface area (Å²) >= 11 is 12.2. The second-order valence-electron chi connectivity index (χ2n) is 4.37. The fraction of sp³-hybridized carbons (Fsp3) is 0.200. The van der Waals surface area contributed by atoms with Gasteiger partial charge in [-0.05, 0) is 29.2 Å². The minimum atomic E-state index is 0.470. The van der Waals surface area contributed by atoms with Gasteiger partial charge in [-0.1, -0.05) is 67.4 Å². The van der Waals surface area contributed by atoms with Gasteiger partial charge in [0.1, 0.15) is 0 Å². The van der Waals surface area contributed by atoms with Crippen LogP contribution < -0.4 is 0 Å². The van der Waals surface area contributed by atoms with Crippen LogP contribution in [-0.4, -0.2) is 0 Å². The van der Waals surface area contributed by atoms with Crippen LogP contribution in [0.15, 0.2) is 42.5 Å². The molecule has 0 aliphatic carbocycles. The van der Waals surface area contributed by atoms with Crippen LogP contribution in [0.3, 0.4) is 0 Å². The van der Waals surface area contributed by atoms with Crippen LogP contribution in [0.1, 0.15) is 25.3 Å². The first-order valence-electron chi connectivity index (χ1n) is 5.64. The Kier molecular flexibility index (Phi) is 3.76. The lowest BCUT2D eigenvalue weighted by Crippen LogP contribution is -1.92. The van der Waals surface area contributed by atoms with Crippen molar-refractivity contribution in [1.29, 1.82) is 0 Å². The third-order valence-electron chi connectivity index (χ3n) is 2.80. The summed E-state index contributed by atoms with van der Waals surface area (Å²) in [6, 6.07) is 14.0. The smallest absolute Gasteiger partial charge is 0.0499 e. The highest BCUT2D eigenvalue weighted by atomic mass is 35.5. The molecule has 2 rings (SSSR count). The van der Waals surface area contributed by atoms with Gasteiger partial charge in [0, 0.05) is 15.6 Å². The molecule has 0 aliphatic rings. The molecule has 17 heavy (non-hydrogen) atoms. The van der Waals surface area contributed by atoms with Crippen LogP contribution in [-0.2, 0) is 0 Å². The van der Waals surface area contributed by atoms with Gasteiger partial charge in [0.05, 0.1) is 0 Å². The molecule has 0 bridgehead atoms. The Balaban J connectivity index is 2.60. The summed E-state index contributed by atoms with van der Waals surface area (Å²) in [5, 5.41) is 1.37. The molecule has 0 amide bonds. The van der Waals surface area contributed by atoms with Crippen molar-refractivity contribution >= 4 is 23.2 Å². The highest BCUT2D eigenvalue weighted by Crippen LogP contribution is 2.34. The van der Waals surface area contributed by atoms with Crippen molar-refractivity contribution < 1.29 is 0 Å². The summed E-state index contributed by atoms with van der Waals surface area (Å²) in [4.78, 5) is 0. The molecule has 2 aromatic carbocycles. The molecule has 2 heteroatoms. The Morgan fingerprint density at radius 2 is 1.59 bits per heavy atom. The first-order chi connectivity index (χ1) is 8.09. The number of benzene rings is 2. The zero-order chi connectivity index (χ0) is 12.4. The molecule has 0 nitrogen and oxygen atoms in total. The van der Waals surface area contributed by atoms with Crippen molar-refractivity contribution in [3.63, 3.8) is 0 Å². The number of hydrogen-bond donors (Lipinski definition) is 0. The maximum Gasteiger partial charge on any atom is 0.0499 e. The second-order valence-corrected chi connectivity index (χ2v) is 5.21. The number of rotatable bonds is 2. The quantitative estimate of drug-likeness (QED) is 0.645. The molecule has 0 aromatic heterocycles. The van der Waals surface area contributed by atoms with Gasteiger partial charge in [-0.25, -0.2) is 0 Å². The van der Waals surface area contributed by atoms with Crippen LogP contribution in [0.4, 0.5) is 0 Å². The predicted octanol–water partition coefficient (Wildman–Crippen LogP) is 5.78. The monoisotopic (exact) mass is 264 g/mol. The van der Waals surface area contributed by atoms with Gasteiger partial charge in [0.15, 0.2) is 0 Å². The van der Waals surface area contributed by atoms with Gasteiger partial charge in [0.2, 0.25) is 0 Å². The van der Waals surface area contributed by atoms with Crippen molar-refractivity contribution in [3.8, 4) is 11.1 Å². The third kappa shape index (κ3) is 2.65. The molecule has 0 heterocycles. The van der Waals surface area contributed by atoms with E-state index in [1.807, 2.05) is 18.2 Å². The molecule has 0 unspecified atom stereocenters. The minimum Gasteiger partial charge on any atom is -0.0843 e. The largest absolute Gasteiger partial charge is 0.0843 e. The maximum absolute atomic E-state index is 6.26. The lowest BCUT2D eigenvalue weighted by atomic mass is 9.93. The Morgan fingerprint density at radius 3 is 2.24 bits per heavy atom. The summed E-state index contributed by atoms with van der Waals surface area (Å²) in [5.41, 5.74) is 3.53. The Morgan fingerprint density at radius 1 is 0.882 bits per heavy atom. The first kappa shape index (κ1) is 12.5. The van der Waals surface area contributed by atoms with E-state index in [1.54, 1.807) is 6.07 Å². The average molecular weight is 265 g/mol. The van der Waals surface area contributed by atoms with E-state index >= 15 is 0 Å². The minimum absolute atomic E-state index is 0.470. The summed E-state index contributed by atoms with van der Waals surface area (Å²) < 4.78 is 0. The highest BCUT2D eigenvalue weighted by molar-refractivity contribution is 6.36. The molecule has 0 spiro atoms. The fourth-order valence-corrected chi connectivity index (χ4v) is 2.46. The molecule has 2 aromatic rings. The Labute approximate surface area is 112 Å². The molecule has 0 saturated carbocycles. The van der Waals surface area contributed by atoms with Crippen molar-refractivity contribution in [3.05, 3.63) is 58.1 Å². The van der Waals surface area contributed by atoms with Crippen LogP contribution in [0.25, 0.3) is 11.1 Å². The van der Waals surface area contributed by atoms with Gasteiger partial charge in [-0.2, -0.15) is 0 Å². The van der Waals surface area contributed by atoms with Gasteiger partial charge in [0.25, 0.3) is 0 Å². The van der Waals surface area contributed by atoms with Gasteiger partial charge in [-0.15, -0.1) is 0 Å². The van der Waals surface area contributed by atoms with Gasteiger partial charge in [-0.3, -0.25) is 0 Å². The third-order valence-corrected chi connectivity index (χ3v) is 3.35. The molecule has 88 valence electrons. The Bertz CT molecular complexity index is 530. The van der Waals surface area contributed by atoms with Crippen LogP contribution >= 0.6 is 23.2 Å². The van der Waals surface area contributed by atoms with E-state index in [0.717, 1.165) is 5.56 Å². The zero-order valence-electron chi connectivity index (χ0n) is 9.87. The molecular formula is C15H14Cl2. The van der Waals surface area contributed by atoms with E-state index in [-0.39, 0.29) is 0 Å². The van der Waals surface area contributed by atoms with Crippen molar-refractivity contribution in [2.45, 2.75) is 19.8 Å². The maximum atomic E-state index is 6.26. The summed E-state index contributed by atoms with van der Waals surface area (Å²) in [5.74, 6) is 0.470. The van der Waals surface area contributed by atoms with Crippen LogP contribution in [0, 0.1) is 0 Å². The van der Waals surface area contributed by atoms with E-state index < -0.39 is 0 Å². The van der Waals surface area contributed by atoms with E-state index in [4.69, 9.17) is 23.2 Å². The summed E-state index contributed by atoms with van der Waals surface area (Å²) in [7, 11) is 0. The molecule has 0 aliphatic heterocycles. The summed E-state index contributed by atoms with van der Waals surface area (Å²) in [6.07, 6.45) is 0.